The lowest BCUT2D eigenvalue weighted by Gasteiger charge is -2.20. The van der Waals surface area contributed by atoms with Crippen molar-refractivity contribution in [1.82, 2.24) is 9.72 Å². The number of carbonyl (C=O) groups excluding carboxylic acids is 1. The van der Waals surface area contributed by atoms with Crippen LogP contribution >= 0.6 is 0 Å². The highest BCUT2D eigenvalue weighted by Crippen LogP contribution is 2.25. The first-order valence-electron chi connectivity index (χ1n) is 9.19. The summed E-state index contributed by atoms with van der Waals surface area (Å²) in [5.74, 6) is 0.664. The minimum absolute atomic E-state index is 0.0346. The minimum Gasteiger partial charge on any atom is -0.356 e. The van der Waals surface area contributed by atoms with Gasteiger partial charge >= 0.3 is 0 Å². The Morgan fingerprint density at radius 3 is 2.54 bits per heavy atom. The summed E-state index contributed by atoms with van der Waals surface area (Å²) in [6.07, 6.45) is 5.94. The van der Waals surface area contributed by atoms with E-state index >= 15 is 0 Å². The van der Waals surface area contributed by atoms with Gasteiger partial charge in [-0.25, -0.2) is 0 Å². The fourth-order valence-corrected chi connectivity index (χ4v) is 3.30. The molecule has 0 aliphatic heterocycles. The van der Waals surface area contributed by atoms with Crippen molar-refractivity contribution in [1.29, 1.82) is 0 Å². The van der Waals surface area contributed by atoms with Crippen LogP contribution in [0.1, 0.15) is 23.6 Å². The van der Waals surface area contributed by atoms with Crippen LogP contribution in [-0.2, 0) is 4.79 Å². The van der Waals surface area contributed by atoms with Gasteiger partial charge in [-0.15, -0.1) is 0 Å². The van der Waals surface area contributed by atoms with Crippen molar-refractivity contribution < 1.29 is 9.32 Å². The third kappa shape index (κ3) is 4.04. The van der Waals surface area contributed by atoms with E-state index in [2.05, 4.69) is 40.2 Å². The van der Waals surface area contributed by atoms with Crippen LogP contribution in [0.3, 0.4) is 0 Å². The first-order valence-corrected chi connectivity index (χ1v) is 9.19. The van der Waals surface area contributed by atoms with Crippen LogP contribution in [0.2, 0.25) is 0 Å². The van der Waals surface area contributed by atoms with Gasteiger partial charge in [-0.1, -0.05) is 35.0 Å². The maximum absolute atomic E-state index is 12.7. The maximum Gasteiger partial charge on any atom is 0.226 e. The Morgan fingerprint density at radius 2 is 1.86 bits per heavy atom. The summed E-state index contributed by atoms with van der Waals surface area (Å²) in [6.45, 7) is 2.06. The molecule has 1 amide bonds. The van der Waals surface area contributed by atoms with Gasteiger partial charge in [0.25, 0.3) is 0 Å². The molecule has 2 aromatic heterocycles. The van der Waals surface area contributed by atoms with Crippen molar-refractivity contribution >= 4 is 11.6 Å². The van der Waals surface area contributed by atoms with Gasteiger partial charge in [0, 0.05) is 29.7 Å². The number of hydrogen-bond donors (Lipinski definition) is 1. The van der Waals surface area contributed by atoms with Crippen molar-refractivity contribution in [2.45, 2.75) is 19.4 Å². The van der Waals surface area contributed by atoms with Gasteiger partial charge in [0.15, 0.2) is 5.76 Å². The number of anilines is 1. The van der Waals surface area contributed by atoms with Crippen LogP contribution in [0.15, 0.2) is 89.8 Å². The van der Waals surface area contributed by atoms with Crippen LogP contribution < -0.4 is 5.32 Å². The zero-order chi connectivity index (χ0) is 19.3. The molecule has 5 heteroatoms. The molecular formula is C23H21N3O2. The number of hydrogen-bond acceptors (Lipinski definition) is 3. The SMILES string of the molecule is Cc1cccc([C@@H](CC(=O)Nc2ccc(-c3ccno3)cc2)n2cccc2)c1. The first-order chi connectivity index (χ1) is 13.7. The van der Waals surface area contributed by atoms with E-state index in [0.717, 1.165) is 16.8 Å². The van der Waals surface area contributed by atoms with Crippen LogP contribution in [-0.4, -0.2) is 15.6 Å². The summed E-state index contributed by atoms with van der Waals surface area (Å²) >= 11 is 0. The molecular weight excluding hydrogens is 350 g/mol. The number of aryl methyl sites for hydroxylation is 1. The predicted octanol–water partition coefficient (Wildman–Crippen LogP) is 5.07. The summed E-state index contributed by atoms with van der Waals surface area (Å²) in [5, 5.41) is 6.71. The molecule has 4 rings (SSSR count). The van der Waals surface area contributed by atoms with Crippen LogP contribution in [0.5, 0.6) is 0 Å². The summed E-state index contributed by atoms with van der Waals surface area (Å²) in [7, 11) is 0. The molecule has 4 aromatic rings. The summed E-state index contributed by atoms with van der Waals surface area (Å²) < 4.78 is 7.22. The number of amides is 1. The number of benzene rings is 2. The highest BCUT2D eigenvalue weighted by atomic mass is 16.5. The molecule has 5 nitrogen and oxygen atoms in total. The zero-order valence-electron chi connectivity index (χ0n) is 15.6. The second-order valence-corrected chi connectivity index (χ2v) is 6.77. The Labute approximate surface area is 163 Å². The summed E-state index contributed by atoms with van der Waals surface area (Å²) in [6, 6.07) is 21.5. The number of rotatable bonds is 6. The van der Waals surface area contributed by atoms with E-state index in [0.29, 0.717) is 12.2 Å². The number of carbonyl (C=O) groups is 1. The van der Waals surface area contributed by atoms with Crippen molar-refractivity contribution in [3.8, 4) is 11.3 Å². The number of aromatic nitrogens is 2. The van der Waals surface area contributed by atoms with E-state index in [1.165, 1.54) is 5.56 Å². The van der Waals surface area contributed by atoms with E-state index in [9.17, 15) is 4.79 Å². The van der Waals surface area contributed by atoms with E-state index in [-0.39, 0.29) is 11.9 Å². The van der Waals surface area contributed by atoms with Gasteiger partial charge < -0.3 is 14.4 Å². The lowest BCUT2D eigenvalue weighted by Crippen LogP contribution is -2.19. The quantitative estimate of drug-likeness (QED) is 0.515. The molecule has 0 spiro atoms. The fourth-order valence-electron chi connectivity index (χ4n) is 3.30. The average Bonchev–Trinajstić information content (AvgIpc) is 3.41. The molecule has 0 saturated carbocycles. The Hall–Kier alpha value is -3.60. The lowest BCUT2D eigenvalue weighted by molar-refractivity contribution is -0.116. The standard InChI is InChI=1S/C23H21N3O2/c1-17-5-4-6-19(15-17)21(26-13-2-3-14-26)16-23(27)25-20-9-7-18(8-10-20)22-11-12-24-28-22/h2-15,21H,16H2,1H3,(H,25,27)/t21-/m1/s1. The van der Waals surface area contributed by atoms with Crippen LogP contribution in [0, 0.1) is 6.92 Å². The molecule has 0 unspecified atom stereocenters. The van der Waals surface area contributed by atoms with Crippen LogP contribution in [0.4, 0.5) is 5.69 Å². The number of nitrogens with zero attached hydrogens (tertiary/aromatic N) is 2. The third-order valence-corrected chi connectivity index (χ3v) is 4.68. The highest BCUT2D eigenvalue weighted by molar-refractivity contribution is 5.91. The Balaban J connectivity index is 1.49. The third-order valence-electron chi connectivity index (χ3n) is 4.68. The highest BCUT2D eigenvalue weighted by Gasteiger charge is 2.17. The molecule has 1 atom stereocenters. The van der Waals surface area contributed by atoms with Gasteiger partial charge in [-0.05, 0) is 48.9 Å². The molecule has 0 saturated heterocycles. The smallest absolute Gasteiger partial charge is 0.226 e. The van der Waals surface area contributed by atoms with Crippen molar-refractivity contribution in [3.05, 3.63) is 96.4 Å². The zero-order valence-corrected chi connectivity index (χ0v) is 15.6. The number of nitrogens with one attached hydrogen (secondary N) is 1. The van der Waals surface area contributed by atoms with Crippen LogP contribution in [0.25, 0.3) is 11.3 Å². The molecule has 28 heavy (non-hydrogen) atoms. The van der Waals surface area contributed by atoms with Crippen molar-refractivity contribution in [3.63, 3.8) is 0 Å². The van der Waals surface area contributed by atoms with Gasteiger partial charge in [0.1, 0.15) is 0 Å². The maximum atomic E-state index is 12.7. The summed E-state index contributed by atoms with van der Waals surface area (Å²) in [5.41, 5.74) is 3.97. The largest absolute Gasteiger partial charge is 0.356 e. The molecule has 1 N–H and O–H groups in total. The minimum atomic E-state index is -0.0524. The molecule has 140 valence electrons. The molecule has 0 aliphatic rings. The normalized spacial score (nSPS) is 11.9. The molecule has 2 heterocycles. The first kappa shape index (κ1) is 17.8. The Kier molecular flexibility index (Phi) is 5.06. The fraction of sp³-hybridized carbons (Fsp3) is 0.130. The van der Waals surface area contributed by atoms with Crippen molar-refractivity contribution in [2.24, 2.45) is 0 Å². The molecule has 0 aliphatic carbocycles. The molecule has 0 bridgehead atoms. The lowest BCUT2D eigenvalue weighted by atomic mass is 10.0. The predicted molar refractivity (Wildman–Crippen MR) is 109 cm³/mol. The second-order valence-electron chi connectivity index (χ2n) is 6.77. The molecule has 0 radical (unpaired) electrons. The molecule has 2 aromatic carbocycles. The summed E-state index contributed by atoms with van der Waals surface area (Å²) in [4.78, 5) is 12.7. The van der Waals surface area contributed by atoms with Gasteiger partial charge in [-0.2, -0.15) is 0 Å². The Morgan fingerprint density at radius 1 is 1.07 bits per heavy atom. The average molecular weight is 371 g/mol. The van der Waals surface area contributed by atoms with Crippen molar-refractivity contribution in [2.75, 3.05) is 5.32 Å². The van der Waals surface area contributed by atoms with E-state index in [4.69, 9.17) is 4.52 Å². The van der Waals surface area contributed by atoms with Gasteiger partial charge in [0.05, 0.1) is 18.7 Å². The van der Waals surface area contributed by atoms with E-state index in [1.807, 2.05) is 54.9 Å². The van der Waals surface area contributed by atoms with E-state index < -0.39 is 0 Å². The topological polar surface area (TPSA) is 60.1 Å². The van der Waals surface area contributed by atoms with Gasteiger partial charge in [0.2, 0.25) is 5.91 Å². The Bertz CT molecular complexity index is 1040. The van der Waals surface area contributed by atoms with E-state index in [1.54, 1.807) is 12.3 Å². The van der Waals surface area contributed by atoms with Gasteiger partial charge in [-0.3, -0.25) is 4.79 Å². The monoisotopic (exact) mass is 371 g/mol. The molecule has 0 fully saturated rings. The second kappa shape index (κ2) is 7.96.